The maximum absolute atomic E-state index is 6.10. The van der Waals surface area contributed by atoms with Gasteiger partial charge in [-0.25, -0.2) is 0 Å². The van der Waals surface area contributed by atoms with Crippen LogP contribution in [0.5, 0.6) is 0 Å². The molecular weight excluding hydrogens is 210 g/mol. The van der Waals surface area contributed by atoms with Crippen LogP contribution in [-0.2, 0) is 0 Å². The fourth-order valence-electron chi connectivity index (χ4n) is 3.52. The predicted molar refractivity (Wildman–Crippen MR) is 73.1 cm³/mol. The van der Waals surface area contributed by atoms with Crippen molar-refractivity contribution in [3.05, 3.63) is 0 Å². The van der Waals surface area contributed by atoms with Gasteiger partial charge < -0.3 is 10.6 Å². The predicted octanol–water partition coefficient (Wildman–Crippen LogP) is 2.75. The Morgan fingerprint density at radius 3 is 2.59 bits per heavy atom. The molecule has 0 radical (unpaired) electrons. The average molecular weight is 237 g/mol. The standard InChI is InChI=1S/C14H27N3/c1-4-11(3)17-13(15)16-10-14(17)8-6-12(5-2)7-9-14/h11-12H,4-10H2,1-3H3,(H2,15,16). The van der Waals surface area contributed by atoms with E-state index < -0.39 is 0 Å². The van der Waals surface area contributed by atoms with Gasteiger partial charge in [0, 0.05) is 6.04 Å². The average Bonchev–Trinajstić information content (AvgIpc) is 2.67. The van der Waals surface area contributed by atoms with Crippen LogP contribution in [0.25, 0.3) is 0 Å². The summed E-state index contributed by atoms with van der Waals surface area (Å²) in [5.74, 6) is 1.72. The molecule has 1 aliphatic heterocycles. The fraction of sp³-hybridized carbons (Fsp3) is 0.929. The van der Waals surface area contributed by atoms with E-state index in [-0.39, 0.29) is 5.54 Å². The quantitative estimate of drug-likeness (QED) is 0.820. The molecule has 1 fully saturated rings. The Hall–Kier alpha value is -0.730. The minimum absolute atomic E-state index is 0.269. The van der Waals surface area contributed by atoms with E-state index in [1.807, 2.05) is 0 Å². The Morgan fingerprint density at radius 1 is 1.41 bits per heavy atom. The van der Waals surface area contributed by atoms with Gasteiger partial charge in [-0.1, -0.05) is 20.3 Å². The molecule has 0 bridgehead atoms. The maximum Gasteiger partial charge on any atom is 0.192 e. The Bertz CT molecular complexity index is 290. The summed E-state index contributed by atoms with van der Waals surface area (Å²) in [6.07, 6.45) is 7.74. The molecular formula is C14H27N3. The van der Waals surface area contributed by atoms with Crippen LogP contribution in [0.4, 0.5) is 0 Å². The highest BCUT2D eigenvalue weighted by Gasteiger charge is 2.45. The largest absolute Gasteiger partial charge is 0.370 e. The Labute approximate surface area is 105 Å². The van der Waals surface area contributed by atoms with Gasteiger partial charge in [-0.3, -0.25) is 4.99 Å². The van der Waals surface area contributed by atoms with E-state index >= 15 is 0 Å². The molecule has 0 saturated heterocycles. The normalized spacial score (nSPS) is 35.1. The molecule has 2 rings (SSSR count). The van der Waals surface area contributed by atoms with Crippen molar-refractivity contribution in [2.24, 2.45) is 16.6 Å². The second-order valence-electron chi connectivity index (χ2n) is 5.88. The second kappa shape index (κ2) is 4.87. The summed E-state index contributed by atoms with van der Waals surface area (Å²) in [6.45, 7) is 7.76. The van der Waals surface area contributed by atoms with E-state index in [0.29, 0.717) is 6.04 Å². The number of aliphatic imine (C=N–C) groups is 1. The summed E-state index contributed by atoms with van der Waals surface area (Å²) in [7, 11) is 0. The lowest BCUT2D eigenvalue weighted by Crippen LogP contribution is -2.56. The SMILES string of the molecule is CCC1CCC2(CC1)CN=C(N)N2C(C)CC. The second-order valence-corrected chi connectivity index (χ2v) is 5.88. The molecule has 1 saturated carbocycles. The van der Waals surface area contributed by atoms with Gasteiger partial charge in [0.15, 0.2) is 5.96 Å². The van der Waals surface area contributed by atoms with Gasteiger partial charge in [0.1, 0.15) is 0 Å². The van der Waals surface area contributed by atoms with E-state index in [1.54, 1.807) is 0 Å². The van der Waals surface area contributed by atoms with Gasteiger partial charge in [-0.2, -0.15) is 0 Å². The topological polar surface area (TPSA) is 41.6 Å². The molecule has 1 atom stereocenters. The van der Waals surface area contributed by atoms with E-state index in [9.17, 15) is 0 Å². The van der Waals surface area contributed by atoms with Crippen LogP contribution < -0.4 is 5.73 Å². The van der Waals surface area contributed by atoms with Crippen LogP contribution in [0.1, 0.15) is 59.3 Å². The zero-order valence-electron chi connectivity index (χ0n) is 11.6. The lowest BCUT2D eigenvalue weighted by atomic mass is 9.74. The van der Waals surface area contributed by atoms with Crippen molar-refractivity contribution in [3.63, 3.8) is 0 Å². The van der Waals surface area contributed by atoms with E-state index in [1.165, 1.54) is 32.1 Å². The van der Waals surface area contributed by atoms with Crippen molar-refractivity contribution in [1.82, 2.24) is 4.90 Å². The van der Waals surface area contributed by atoms with Gasteiger partial charge in [-0.15, -0.1) is 0 Å². The highest BCUT2D eigenvalue weighted by molar-refractivity contribution is 5.81. The zero-order chi connectivity index (χ0) is 12.5. The number of guanidine groups is 1. The molecule has 1 heterocycles. The highest BCUT2D eigenvalue weighted by Crippen LogP contribution is 2.41. The lowest BCUT2D eigenvalue weighted by molar-refractivity contribution is 0.0866. The van der Waals surface area contributed by atoms with Gasteiger partial charge in [0.05, 0.1) is 12.1 Å². The molecule has 0 aromatic heterocycles. The molecule has 3 heteroatoms. The highest BCUT2D eigenvalue weighted by atomic mass is 15.4. The van der Waals surface area contributed by atoms with E-state index in [4.69, 9.17) is 5.73 Å². The van der Waals surface area contributed by atoms with Crippen LogP contribution in [0.2, 0.25) is 0 Å². The first kappa shape index (κ1) is 12.7. The van der Waals surface area contributed by atoms with Crippen molar-refractivity contribution in [2.45, 2.75) is 70.9 Å². The molecule has 0 amide bonds. The summed E-state index contributed by atoms with van der Waals surface area (Å²) in [6, 6.07) is 0.527. The summed E-state index contributed by atoms with van der Waals surface area (Å²) in [4.78, 5) is 6.96. The summed E-state index contributed by atoms with van der Waals surface area (Å²) in [5, 5.41) is 0. The smallest absolute Gasteiger partial charge is 0.192 e. The number of nitrogens with zero attached hydrogens (tertiary/aromatic N) is 2. The minimum atomic E-state index is 0.269. The molecule has 0 aromatic rings. The van der Waals surface area contributed by atoms with Crippen LogP contribution in [0, 0.1) is 5.92 Å². The third-order valence-electron chi connectivity index (χ3n) is 4.94. The van der Waals surface area contributed by atoms with Gasteiger partial charge in [0.2, 0.25) is 0 Å². The third kappa shape index (κ3) is 2.16. The zero-order valence-corrected chi connectivity index (χ0v) is 11.6. The van der Waals surface area contributed by atoms with Crippen molar-refractivity contribution in [3.8, 4) is 0 Å². The van der Waals surface area contributed by atoms with Crippen molar-refractivity contribution < 1.29 is 0 Å². The van der Waals surface area contributed by atoms with Gasteiger partial charge >= 0.3 is 0 Å². The van der Waals surface area contributed by atoms with Crippen molar-refractivity contribution in [2.75, 3.05) is 6.54 Å². The monoisotopic (exact) mass is 237 g/mol. The third-order valence-corrected chi connectivity index (χ3v) is 4.94. The van der Waals surface area contributed by atoms with Gasteiger partial charge in [-0.05, 0) is 44.9 Å². The number of rotatable bonds is 3. The molecule has 1 aliphatic carbocycles. The molecule has 2 aliphatic rings. The van der Waals surface area contributed by atoms with Crippen LogP contribution in [0.3, 0.4) is 0 Å². The molecule has 1 unspecified atom stereocenters. The van der Waals surface area contributed by atoms with E-state index in [2.05, 4.69) is 30.7 Å². The molecule has 3 nitrogen and oxygen atoms in total. The summed E-state index contributed by atoms with van der Waals surface area (Å²) in [5.41, 5.74) is 6.37. The van der Waals surface area contributed by atoms with Gasteiger partial charge in [0.25, 0.3) is 0 Å². The fourth-order valence-corrected chi connectivity index (χ4v) is 3.52. The van der Waals surface area contributed by atoms with Crippen molar-refractivity contribution >= 4 is 5.96 Å². The van der Waals surface area contributed by atoms with Crippen LogP contribution >= 0.6 is 0 Å². The summed E-state index contributed by atoms with van der Waals surface area (Å²) >= 11 is 0. The van der Waals surface area contributed by atoms with E-state index in [0.717, 1.165) is 24.8 Å². The Morgan fingerprint density at radius 2 is 2.06 bits per heavy atom. The minimum Gasteiger partial charge on any atom is -0.370 e. The number of hydrogen-bond donors (Lipinski definition) is 1. The van der Waals surface area contributed by atoms with Crippen LogP contribution in [0.15, 0.2) is 4.99 Å². The van der Waals surface area contributed by atoms with Crippen LogP contribution in [-0.4, -0.2) is 29.0 Å². The number of nitrogens with two attached hydrogens (primary N) is 1. The molecule has 1 spiro atoms. The maximum atomic E-state index is 6.10. The Balaban J connectivity index is 2.10. The van der Waals surface area contributed by atoms with Crippen molar-refractivity contribution in [1.29, 1.82) is 0 Å². The Kier molecular flexibility index (Phi) is 3.64. The first-order valence-corrected chi connectivity index (χ1v) is 7.22. The first-order valence-electron chi connectivity index (χ1n) is 7.22. The molecule has 0 aromatic carbocycles. The summed E-state index contributed by atoms with van der Waals surface area (Å²) < 4.78 is 0. The first-order chi connectivity index (χ1) is 8.13. The molecule has 17 heavy (non-hydrogen) atoms. The lowest BCUT2D eigenvalue weighted by Gasteiger charge is -2.46. The molecule has 98 valence electrons. The number of hydrogen-bond acceptors (Lipinski definition) is 3. The molecule has 2 N–H and O–H groups in total.